The quantitative estimate of drug-likeness (QED) is 0.825. The molecule has 2 N–H and O–H groups in total. The summed E-state index contributed by atoms with van der Waals surface area (Å²) in [7, 11) is 0. The summed E-state index contributed by atoms with van der Waals surface area (Å²) in [6.45, 7) is 0.682. The first-order chi connectivity index (χ1) is 8.99. The van der Waals surface area contributed by atoms with Crippen LogP contribution in [0.4, 0.5) is 14.5 Å². The summed E-state index contributed by atoms with van der Waals surface area (Å²) in [5, 5.41) is 27.5. The lowest BCUT2D eigenvalue weighted by atomic mass is 10.0. The molecule has 1 aromatic rings. The topological polar surface area (TPSA) is 67.5 Å². The van der Waals surface area contributed by atoms with Gasteiger partial charge in [0.2, 0.25) is 0 Å². The van der Waals surface area contributed by atoms with Gasteiger partial charge in [0.1, 0.15) is 0 Å². The molecule has 0 radical (unpaired) electrons. The standard InChI is InChI=1S/C13H16F2N2O2/c1-9(19)11-3-2-10(7-16)6-12(11)17(4-5-18)8-13(14)15/h2-3,6,9,13,18-19H,4-5,8H2,1H3/t9-/m1/s1. The molecule has 0 saturated carbocycles. The number of hydrogen-bond acceptors (Lipinski definition) is 4. The third-order valence-corrected chi connectivity index (χ3v) is 2.68. The molecule has 0 bridgehead atoms. The molecule has 0 unspecified atom stereocenters. The van der Waals surface area contributed by atoms with Gasteiger partial charge in [-0.15, -0.1) is 0 Å². The Balaban J connectivity index is 3.21. The van der Waals surface area contributed by atoms with Crippen LogP contribution >= 0.6 is 0 Å². The number of halogens is 2. The van der Waals surface area contributed by atoms with Crippen molar-refractivity contribution < 1.29 is 19.0 Å². The molecule has 1 rings (SSSR count). The second kappa shape index (κ2) is 7.02. The van der Waals surface area contributed by atoms with E-state index < -0.39 is 19.1 Å². The minimum absolute atomic E-state index is 0.0128. The normalized spacial score (nSPS) is 12.3. The van der Waals surface area contributed by atoms with Gasteiger partial charge in [-0.1, -0.05) is 6.07 Å². The largest absolute Gasteiger partial charge is 0.395 e. The first kappa shape index (κ1) is 15.3. The van der Waals surface area contributed by atoms with E-state index in [1.807, 2.05) is 6.07 Å². The number of anilines is 1. The highest BCUT2D eigenvalue weighted by Gasteiger charge is 2.18. The van der Waals surface area contributed by atoms with Gasteiger partial charge in [-0.25, -0.2) is 8.78 Å². The fraction of sp³-hybridized carbons (Fsp3) is 0.462. The van der Waals surface area contributed by atoms with Crippen molar-refractivity contribution in [3.8, 4) is 6.07 Å². The SMILES string of the molecule is C[C@@H](O)c1ccc(C#N)cc1N(CCO)CC(F)F. The molecule has 1 aromatic carbocycles. The second-order valence-corrected chi connectivity index (χ2v) is 4.12. The molecule has 0 fully saturated rings. The van der Waals surface area contributed by atoms with Gasteiger partial charge in [-0.2, -0.15) is 5.26 Å². The van der Waals surface area contributed by atoms with Crippen LogP contribution in [0.3, 0.4) is 0 Å². The Labute approximate surface area is 110 Å². The van der Waals surface area contributed by atoms with E-state index in [-0.39, 0.29) is 13.2 Å². The van der Waals surface area contributed by atoms with Crippen LogP contribution in [0.5, 0.6) is 0 Å². The Bertz CT molecular complexity index is 458. The van der Waals surface area contributed by atoms with E-state index in [0.717, 1.165) is 0 Å². The maximum absolute atomic E-state index is 12.6. The molecule has 6 heteroatoms. The average Bonchev–Trinajstić information content (AvgIpc) is 2.36. The van der Waals surface area contributed by atoms with Gasteiger partial charge in [0.15, 0.2) is 0 Å². The number of aliphatic hydroxyl groups is 2. The zero-order valence-electron chi connectivity index (χ0n) is 10.6. The van der Waals surface area contributed by atoms with Crippen molar-refractivity contribution in [2.24, 2.45) is 0 Å². The van der Waals surface area contributed by atoms with Gasteiger partial charge in [-0.05, 0) is 19.1 Å². The van der Waals surface area contributed by atoms with Crippen molar-refractivity contribution in [3.05, 3.63) is 29.3 Å². The van der Waals surface area contributed by atoms with Crippen LogP contribution < -0.4 is 4.90 Å². The van der Waals surface area contributed by atoms with Crippen LogP contribution in [0, 0.1) is 11.3 Å². The summed E-state index contributed by atoms with van der Waals surface area (Å²) in [6.07, 6.45) is -3.42. The molecule has 104 valence electrons. The first-order valence-corrected chi connectivity index (χ1v) is 5.85. The van der Waals surface area contributed by atoms with Crippen molar-refractivity contribution in [2.75, 3.05) is 24.6 Å². The number of aliphatic hydroxyl groups excluding tert-OH is 2. The molecule has 0 aliphatic carbocycles. The number of rotatable bonds is 6. The minimum Gasteiger partial charge on any atom is -0.395 e. The molecule has 0 spiro atoms. The predicted molar refractivity (Wildman–Crippen MR) is 67.1 cm³/mol. The van der Waals surface area contributed by atoms with Crippen molar-refractivity contribution in [2.45, 2.75) is 19.5 Å². The van der Waals surface area contributed by atoms with Gasteiger partial charge < -0.3 is 15.1 Å². The summed E-state index contributed by atoms with van der Waals surface area (Å²) < 4.78 is 25.1. The Morgan fingerprint density at radius 3 is 2.58 bits per heavy atom. The highest BCUT2D eigenvalue weighted by Crippen LogP contribution is 2.28. The van der Waals surface area contributed by atoms with E-state index in [2.05, 4.69) is 0 Å². The van der Waals surface area contributed by atoms with Crippen molar-refractivity contribution in [1.29, 1.82) is 5.26 Å². The fourth-order valence-corrected chi connectivity index (χ4v) is 1.84. The molecule has 0 saturated heterocycles. The van der Waals surface area contributed by atoms with Gasteiger partial charge in [0.05, 0.1) is 30.9 Å². The predicted octanol–water partition coefficient (Wildman–Crippen LogP) is 1.68. The molecule has 0 heterocycles. The van der Waals surface area contributed by atoms with Gasteiger partial charge in [0.25, 0.3) is 6.43 Å². The number of alkyl halides is 2. The Hall–Kier alpha value is -1.71. The van der Waals surface area contributed by atoms with Gasteiger partial charge in [-0.3, -0.25) is 0 Å². The molecular formula is C13H16F2N2O2. The fourth-order valence-electron chi connectivity index (χ4n) is 1.84. The number of hydrogen-bond donors (Lipinski definition) is 2. The average molecular weight is 270 g/mol. The maximum atomic E-state index is 12.6. The lowest BCUT2D eigenvalue weighted by Gasteiger charge is -2.27. The molecule has 0 aromatic heterocycles. The van der Waals surface area contributed by atoms with Crippen molar-refractivity contribution in [1.82, 2.24) is 0 Å². The summed E-state index contributed by atoms with van der Waals surface area (Å²) in [5.74, 6) is 0. The number of nitriles is 1. The molecule has 0 aliphatic rings. The molecule has 1 atom stereocenters. The minimum atomic E-state index is -2.57. The van der Waals surface area contributed by atoms with Crippen LogP contribution in [-0.4, -0.2) is 36.3 Å². The van der Waals surface area contributed by atoms with E-state index in [9.17, 15) is 13.9 Å². The lowest BCUT2D eigenvalue weighted by Crippen LogP contribution is -2.32. The third-order valence-electron chi connectivity index (χ3n) is 2.68. The molecule has 4 nitrogen and oxygen atoms in total. The zero-order chi connectivity index (χ0) is 14.4. The smallest absolute Gasteiger partial charge is 0.255 e. The van der Waals surface area contributed by atoms with Crippen LogP contribution in [0.25, 0.3) is 0 Å². The van der Waals surface area contributed by atoms with Crippen LogP contribution in [0.2, 0.25) is 0 Å². The number of benzene rings is 1. The maximum Gasteiger partial charge on any atom is 0.255 e. The van der Waals surface area contributed by atoms with Crippen molar-refractivity contribution in [3.63, 3.8) is 0 Å². The Morgan fingerprint density at radius 1 is 1.42 bits per heavy atom. The zero-order valence-corrected chi connectivity index (χ0v) is 10.6. The Morgan fingerprint density at radius 2 is 2.11 bits per heavy atom. The molecular weight excluding hydrogens is 254 g/mol. The van der Waals surface area contributed by atoms with E-state index in [0.29, 0.717) is 16.8 Å². The Kier molecular flexibility index (Phi) is 5.67. The van der Waals surface area contributed by atoms with Crippen LogP contribution in [0.15, 0.2) is 18.2 Å². The summed E-state index contributed by atoms with van der Waals surface area (Å²) in [5.41, 5.74) is 1.12. The van der Waals surface area contributed by atoms with Gasteiger partial charge in [0, 0.05) is 17.8 Å². The number of nitrogens with zero attached hydrogens (tertiary/aromatic N) is 2. The van der Waals surface area contributed by atoms with E-state index >= 15 is 0 Å². The molecule has 0 aliphatic heterocycles. The highest BCUT2D eigenvalue weighted by atomic mass is 19.3. The summed E-state index contributed by atoms with van der Waals surface area (Å²) in [4.78, 5) is 1.27. The highest BCUT2D eigenvalue weighted by molar-refractivity contribution is 5.58. The lowest BCUT2D eigenvalue weighted by molar-refractivity contribution is 0.152. The monoisotopic (exact) mass is 270 g/mol. The van der Waals surface area contributed by atoms with E-state index in [1.165, 1.54) is 30.0 Å². The first-order valence-electron chi connectivity index (χ1n) is 5.85. The third kappa shape index (κ3) is 4.16. The van der Waals surface area contributed by atoms with E-state index in [4.69, 9.17) is 10.4 Å². The van der Waals surface area contributed by atoms with Crippen LogP contribution in [-0.2, 0) is 0 Å². The summed E-state index contributed by atoms with van der Waals surface area (Å²) in [6, 6.07) is 6.43. The molecule has 19 heavy (non-hydrogen) atoms. The van der Waals surface area contributed by atoms with Crippen LogP contribution in [0.1, 0.15) is 24.2 Å². The van der Waals surface area contributed by atoms with E-state index in [1.54, 1.807) is 0 Å². The van der Waals surface area contributed by atoms with Crippen molar-refractivity contribution >= 4 is 5.69 Å². The summed E-state index contributed by atoms with van der Waals surface area (Å²) >= 11 is 0. The van der Waals surface area contributed by atoms with Gasteiger partial charge >= 0.3 is 0 Å². The molecule has 0 amide bonds. The second-order valence-electron chi connectivity index (χ2n) is 4.12.